The topological polar surface area (TPSA) is 86.3 Å². The van der Waals surface area contributed by atoms with E-state index in [1.807, 2.05) is 146 Å². The van der Waals surface area contributed by atoms with E-state index >= 15 is 0 Å². The van der Waals surface area contributed by atoms with Crippen molar-refractivity contribution in [2.24, 2.45) is 0 Å². The van der Waals surface area contributed by atoms with Gasteiger partial charge < -0.3 is 9.47 Å². The fraction of sp³-hybridized carbons (Fsp3) is 0.0930. The average Bonchev–Trinajstić information content (AvgIpc) is 3.42. The second-order valence-corrected chi connectivity index (χ2v) is 11.9. The van der Waals surface area contributed by atoms with Crippen molar-refractivity contribution in [3.05, 3.63) is 184 Å². The monoisotopic (exact) mass is 637 g/mol. The molecule has 6 heteroatoms. The van der Waals surface area contributed by atoms with Crippen LogP contribution in [0, 0.1) is 29.6 Å². The first-order valence-electron chi connectivity index (χ1n) is 16.1. The van der Waals surface area contributed by atoms with Gasteiger partial charge >= 0.3 is 0 Å². The van der Waals surface area contributed by atoms with Gasteiger partial charge in [-0.25, -0.2) is 0 Å². The first-order chi connectivity index (χ1) is 24.0. The molecule has 7 rings (SSSR count). The third kappa shape index (κ3) is 5.46. The van der Waals surface area contributed by atoms with Crippen LogP contribution in [0.4, 0.5) is 5.69 Å². The first-order valence-corrected chi connectivity index (χ1v) is 16.1. The number of nitriles is 2. The van der Waals surface area contributed by atoms with Gasteiger partial charge in [-0.3, -0.25) is 9.69 Å². The number of carbonyl (C=O) groups excluding carboxylic acids is 1. The van der Waals surface area contributed by atoms with Gasteiger partial charge in [0, 0.05) is 11.3 Å². The van der Waals surface area contributed by atoms with Crippen LogP contribution in [0.1, 0.15) is 56.2 Å². The number of amides is 1. The van der Waals surface area contributed by atoms with E-state index in [0.717, 1.165) is 39.9 Å². The summed E-state index contributed by atoms with van der Waals surface area (Å²) >= 11 is 0. The molecule has 0 saturated heterocycles. The van der Waals surface area contributed by atoms with Gasteiger partial charge in [0.15, 0.2) is 0 Å². The minimum absolute atomic E-state index is 0.105. The van der Waals surface area contributed by atoms with Gasteiger partial charge in [0.1, 0.15) is 28.5 Å². The zero-order valence-corrected chi connectivity index (χ0v) is 27.1. The average molecular weight is 638 g/mol. The Hall–Kier alpha value is -6.63. The maximum Gasteiger partial charge on any atom is 0.260 e. The number of carbonyl (C=O) groups is 1. The maximum absolute atomic E-state index is 14.4. The zero-order chi connectivity index (χ0) is 34.0. The molecule has 0 radical (unpaired) electrons. The summed E-state index contributed by atoms with van der Waals surface area (Å²) in [6.07, 6.45) is 0.763. The number of hydrogen-bond donors (Lipinski definition) is 0. The summed E-state index contributed by atoms with van der Waals surface area (Å²) in [6, 6.07) is 48.4. The lowest BCUT2D eigenvalue weighted by Gasteiger charge is -2.40. The highest BCUT2D eigenvalue weighted by molar-refractivity contribution is 6.13. The third-order valence-corrected chi connectivity index (χ3v) is 9.03. The fourth-order valence-electron chi connectivity index (χ4n) is 6.62. The van der Waals surface area contributed by atoms with E-state index in [1.54, 1.807) is 12.1 Å². The van der Waals surface area contributed by atoms with E-state index in [0.29, 0.717) is 39.7 Å². The molecule has 6 aromatic rings. The molecule has 236 valence electrons. The molecule has 1 unspecified atom stereocenters. The summed E-state index contributed by atoms with van der Waals surface area (Å²) in [5.41, 5.74) is 5.95. The van der Waals surface area contributed by atoms with Crippen molar-refractivity contribution < 1.29 is 14.3 Å². The van der Waals surface area contributed by atoms with Crippen LogP contribution in [-0.2, 0) is 12.0 Å². The minimum Gasteiger partial charge on any atom is -0.457 e. The standard InChI is InChI=1S/C43H31N3O3/c1-3-30-14-20-39(26-32(30)28-45)49-37-23-17-34(18-24-37)43(33-15-21-36(22-16-33)48-38-19-13-29(2)31(25-38)27-44)41-12-8-7-11-40(41)42(47)46(43)35-9-5-4-6-10-35/h4-26H,3H2,1-2H3. The third-order valence-electron chi connectivity index (χ3n) is 9.03. The van der Waals surface area contributed by atoms with Crippen LogP contribution < -0.4 is 14.4 Å². The second kappa shape index (κ2) is 12.9. The van der Waals surface area contributed by atoms with Crippen molar-refractivity contribution in [1.82, 2.24) is 0 Å². The normalized spacial score (nSPS) is 14.9. The highest BCUT2D eigenvalue weighted by Gasteiger charge is 2.52. The smallest absolute Gasteiger partial charge is 0.260 e. The van der Waals surface area contributed by atoms with Crippen molar-refractivity contribution >= 4 is 11.6 Å². The molecule has 1 amide bonds. The van der Waals surface area contributed by atoms with E-state index < -0.39 is 5.54 Å². The summed E-state index contributed by atoms with van der Waals surface area (Å²) in [6.45, 7) is 3.91. The van der Waals surface area contributed by atoms with Crippen LogP contribution in [0.5, 0.6) is 23.0 Å². The maximum atomic E-state index is 14.4. The Morgan fingerprint density at radius 1 is 0.633 bits per heavy atom. The number of nitrogens with zero attached hydrogens (tertiary/aromatic N) is 3. The van der Waals surface area contributed by atoms with Crippen molar-refractivity contribution in [3.63, 3.8) is 0 Å². The molecule has 1 atom stereocenters. The van der Waals surface area contributed by atoms with Gasteiger partial charge in [0.05, 0.1) is 23.3 Å². The van der Waals surface area contributed by atoms with Crippen LogP contribution in [0.15, 0.2) is 140 Å². The molecule has 1 aliphatic rings. The number of hydrogen-bond acceptors (Lipinski definition) is 5. The predicted octanol–water partition coefficient (Wildman–Crippen LogP) is 9.84. The zero-order valence-electron chi connectivity index (χ0n) is 27.1. The number of aryl methyl sites for hydroxylation is 2. The van der Waals surface area contributed by atoms with Crippen molar-refractivity contribution in [3.8, 4) is 35.1 Å². The minimum atomic E-state index is -1.03. The molecule has 0 aromatic heterocycles. The van der Waals surface area contributed by atoms with Crippen molar-refractivity contribution in [1.29, 1.82) is 10.5 Å². The Bertz CT molecular complexity index is 2270. The Balaban J connectivity index is 1.34. The van der Waals surface area contributed by atoms with Gasteiger partial charge in [0.25, 0.3) is 5.91 Å². The van der Waals surface area contributed by atoms with Gasteiger partial charge in [-0.15, -0.1) is 0 Å². The fourth-order valence-corrected chi connectivity index (χ4v) is 6.62. The summed E-state index contributed by atoms with van der Waals surface area (Å²) in [4.78, 5) is 16.3. The van der Waals surface area contributed by atoms with Crippen LogP contribution in [0.2, 0.25) is 0 Å². The van der Waals surface area contributed by atoms with Crippen LogP contribution in [0.3, 0.4) is 0 Å². The largest absolute Gasteiger partial charge is 0.457 e. The molecule has 1 aliphatic heterocycles. The quantitative estimate of drug-likeness (QED) is 0.166. The SMILES string of the molecule is CCc1ccc(Oc2ccc(C3(c4ccc(Oc5ccc(C)c(C#N)c5)cc4)c4ccccc4C(=O)N3c3ccccc3)cc2)cc1C#N. The van der Waals surface area contributed by atoms with Crippen molar-refractivity contribution in [2.75, 3.05) is 4.90 Å². The van der Waals surface area contributed by atoms with E-state index in [9.17, 15) is 15.3 Å². The second-order valence-electron chi connectivity index (χ2n) is 11.9. The van der Waals surface area contributed by atoms with E-state index in [4.69, 9.17) is 9.47 Å². The first kappa shape index (κ1) is 31.0. The Morgan fingerprint density at radius 2 is 1.16 bits per heavy atom. The van der Waals surface area contributed by atoms with E-state index in [1.165, 1.54) is 0 Å². The molecule has 1 heterocycles. The number of ether oxygens (including phenoxy) is 2. The summed E-state index contributed by atoms with van der Waals surface area (Å²) in [5, 5.41) is 19.1. The predicted molar refractivity (Wildman–Crippen MR) is 189 cm³/mol. The van der Waals surface area contributed by atoms with Gasteiger partial charge in [0.2, 0.25) is 0 Å². The molecule has 0 spiro atoms. The molecule has 49 heavy (non-hydrogen) atoms. The number of fused-ring (bicyclic) bond motifs is 1. The summed E-state index contributed by atoms with van der Waals surface area (Å²) in [7, 11) is 0. The number of para-hydroxylation sites is 1. The summed E-state index contributed by atoms with van der Waals surface area (Å²) < 4.78 is 12.4. The number of benzene rings is 6. The van der Waals surface area contributed by atoms with Gasteiger partial charge in [-0.2, -0.15) is 10.5 Å². The van der Waals surface area contributed by atoms with Gasteiger partial charge in [-0.05, 0) is 108 Å². The molecule has 6 nitrogen and oxygen atoms in total. The lowest BCUT2D eigenvalue weighted by atomic mass is 9.76. The lowest BCUT2D eigenvalue weighted by Crippen LogP contribution is -2.46. The van der Waals surface area contributed by atoms with Crippen molar-refractivity contribution in [2.45, 2.75) is 25.8 Å². The molecule has 0 aliphatic carbocycles. The molecule has 0 saturated carbocycles. The lowest BCUT2D eigenvalue weighted by molar-refractivity contribution is 0.0986. The molecule has 0 bridgehead atoms. The van der Waals surface area contributed by atoms with Gasteiger partial charge in [-0.1, -0.05) is 79.7 Å². The van der Waals surface area contributed by atoms with E-state index in [2.05, 4.69) is 12.1 Å². The van der Waals surface area contributed by atoms with Crippen LogP contribution >= 0.6 is 0 Å². The Labute approximate surface area is 285 Å². The Kier molecular flexibility index (Phi) is 8.14. The number of anilines is 1. The number of rotatable bonds is 8. The molecule has 0 N–H and O–H groups in total. The highest BCUT2D eigenvalue weighted by atomic mass is 16.5. The Morgan fingerprint density at radius 3 is 1.76 bits per heavy atom. The molecular weight excluding hydrogens is 606 g/mol. The van der Waals surface area contributed by atoms with Crippen LogP contribution in [0.25, 0.3) is 0 Å². The summed E-state index contributed by atoms with van der Waals surface area (Å²) in [5.74, 6) is 2.25. The molecular formula is C43H31N3O3. The molecule has 6 aromatic carbocycles. The highest BCUT2D eigenvalue weighted by Crippen LogP contribution is 2.51. The van der Waals surface area contributed by atoms with Crippen LogP contribution in [-0.4, -0.2) is 5.91 Å². The molecule has 0 fully saturated rings. The van der Waals surface area contributed by atoms with E-state index in [-0.39, 0.29) is 5.91 Å².